The van der Waals surface area contributed by atoms with Crippen molar-refractivity contribution in [2.24, 2.45) is 4.99 Å². The van der Waals surface area contributed by atoms with Crippen molar-refractivity contribution in [3.05, 3.63) is 63.7 Å². The summed E-state index contributed by atoms with van der Waals surface area (Å²) in [6, 6.07) is 10.5. The zero-order valence-electron chi connectivity index (χ0n) is 16.8. The number of ether oxygens (including phenoxy) is 1. The molecule has 0 bridgehead atoms. The van der Waals surface area contributed by atoms with Crippen molar-refractivity contribution >= 4 is 26.0 Å². The molecule has 4 rings (SSSR count). The molecule has 162 valence electrons. The molecule has 1 unspecified atom stereocenters. The highest BCUT2D eigenvalue weighted by Gasteiger charge is 2.50. The maximum absolute atomic E-state index is 13.2. The van der Waals surface area contributed by atoms with Crippen LogP contribution in [0.15, 0.2) is 47.5 Å². The zero-order valence-corrected chi connectivity index (χ0v) is 17.7. The van der Waals surface area contributed by atoms with Gasteiger partial charge in [0.05, 0.1) is 11.0 Å². The van der Waals surface area contributed by atoms with Crippen molar-refractivity contribution in [2.75, 3.05) is 26.2 Å². The van der Waals surface area contributed by atoms with Crippen LogP contribution in [0.4, 0.5) is 5.69 Å². The summed E-state index contributed by atoms with van der Waals surface area (Å²) in [4.78, 5) is 26.0. The lowest BCUT2D eigenvalue weighted by Crippen LogP contribution is -2.10. The number of nitro benzene ring substituents is 1. The molecule has 1 amide bonds. The number of carbonyl (C=O) groups excluding carboxylic acids is 1. The predicted octanol–water partition coefficient (Wildman–Crippen LogP) is 4.04. The fourth-order valence-corrected chi connectivity index (χ4v) is 5.45. The van der Waals surface area contributed by atoms with Crippen LogP contribution in [0.5, 0.6) is 11.5 Å². The Labute approximate surface area is 178 Å². The van der Waals surface area contributed by atoms with E-state index in [-0.39, 0.29) is 22.7 Å². The molecular formula is C20H21N4O6P. The monoisotopic (exact) mass is 444 g/mol. The fourth-order valence-electron chi connectivity index (χ4n) is 3.10. The van der Waals surface area contributed by atoms with Crippen LogP contribution in [0.1, 0.15) is 28.9 Å². The van der Waals surface area contributed by atoms with E-state index in [1.54, 1.807) is 40.5 Å². The summed E-state index contributed by atoms with van der Waals surface area (Å²) in [5, 5.41) is 11.5. The van der Waals surface area contributed by atoms with Crippen molar-refractivity contribution in [3.8, 4) is 11.5 Å². The van der Waals surface area contributed by atoms with Gasteiger partial charge in [-0.2, -0.15) is 0 Å². The number of nitro groups is 1. The topological polar surface area (TPSA) is 114 Å². The highest BCUT2D eigenvalue weighted by atomic mass is 31.2. The summed E-state index contributed by atoms with van der Waals surface area (Å²) >= 11 is 0. The Balaban J connectivity index is 1.61. The van der Waals surface area contributed by atoms with Crippen LogP contribution in [0.2, 0.25) is 0 Å². The molecule has 0 N–H and O–H groups in total. The van der Waals surface area contributed by atoms with Gasteiger partial charge in [0.15, 0.2) is 0 Å². The molecule has 2 aliphatic heterocycles. The average molecular weight is 444 g/mol. The summed E-state index contributed by atoms with van der Waals surface area (Å²) in [5.41, 5.74) is 0.597. The SMILES string of the molecule is C=NC(=O)c1cccc(Oc2cc(C(C)OP(=O)(N3CC3)N3CC3)ccc2[N+](=O)[O-])c1. The first kappa shape index (κ1) is 21.3. The molecule has 2 fully saturated rings. The maximum atomic E-state index is 13.2. The largest absolute Gasteiger partial charge is 0.450 e. The van der Waals surface area contributed by atoms with E-state index >= 15 is 0 Å². The summed E-state index contributed by atoms with van der Waals surface area (Å²) < 4.78 is 28.6. The Kier molecular flexibility index (Phi) is 5.72. The Hall–Kier alpha value is -2.91. The second-order valence-corrected chi connectivity index (χ2v) is 9.55. The number of amides is 1. The quantitative estimate of drug-likeness (QED) is 0.187. The third-order valence-electron chi connectivity index (χ3n) is 4.96. The van der Waals surface area contributed by atoms with Gasteiger partial charge in [0.1, 0.15) is 5.75 Å². The minimum absolute atomic E-state index is 0.0117. The van der Waals surface area contributed by atoms with E-state index in [1.165, 1.54) is 18.2 Å². The molecule has 2 saturated heterocycles. The van der Waals surface area contributed by atoms with Crippen LogP contribution < -0.4 is 4.74 Å². The smallest absolute Gasteiger partial charge is 0.346 e. The minimum Gasteiger partial charge on any atom is -0.450 e. The van der Waals surface area contributed by atoms with Gasteiger partial charge in [-0.1, -0.05) is 6.07 Å². The van der Waals surface area contributed by atoms with Gasteiger partial charge in [0.25, 0.3) is 5.91 Å². The van der Waals surface area contributed by atoms with Gasteiger partial charge < -0.3 is 4.74 Å². The van der Waals surface area contributed by atoms with E-state index in [4.69, 9.17) is 9.26 Å². The number of hydrogen-bond acceptors (Lipinski definition) is 6. The van der Waals surface area contributed by atoms with Crippen molar-refractivity contribution in [1.29, 1.82) is 0 Å². The first-order chi connectivity index (χ1) is 14.8. The Morgan fingerprint density at radius 2 is 1.87 bits per heavy atom. The molecule has 0 spiro atoms. The van der Waals surface area contributed by atoms with E-state index in [1.807, 2.05) is 0 Å². The molecule has 0 aliphatic carbocycles. The van der Waals surface area contributed by atoms with Gasteiger partial charge in [-0.15, -0.1) is 0 Å². The average Bonchev–Trinajstić information content (AvgIpc) is 3.65. The standard InChI is InChI=1S/C20H21N4O6P/c1-14(30-31(28,22-8-9-22)23-10-11-23)15-6-7-18(24(26)27)19(13-15)29-17-5-3-4-16(12-17)20(25)21-2/h3-7,12-14H,2,8-11H2,1H3. The van der Waals surface area contributed by atoms with Gasteiger partial charge in [-0.05, 0) is 49.5 Å². The van der Waals surface area contributed by atoms with Gasteiger partial charge in [-0.25, -0.2) is 14.3 Å². The normalized spacial score (nSPS) is 17.1. The zero-order chi connectivity index (χ0) is 22.2. The van der Waals surface area contributed by atoms with Crippen molar-refractivity contribution in [2.45, 2.75) is 13.0 Å². The van der Waals surface area contributed by atoms with E-state index in [0.717, 1.165) is 26.2 Å². The molecule has 2 aliphatic rings. The number of aliphatic imine (C=N–C) groups is 1. The molecule has 1 atom stereocenters. The van der Waals surface area contributed by atoms with E-state index in [2.05, 4.69) is 11.7 Å². The molecule has 2 aromatic carbocycles. The highest BCUT2D eigenvalue weighted by Crippen LogP contribution is 2.63. The molecule has 11 heteroatoms. The van der Waals surface area contributed by atoms with Crippen LogP contribution in [0.3, 0.4) is 0 Å². The Bertz CT molecular complexity index is 1080. The van der Waals surface area contributed by atoms with Crippen LogP contribution in [0, 0.1) is 10.1 Å². The van der Waals surface area contributed by atoms with Crippen molar-refractivity contribution < 1.29 is 23.5 Å². The minimum atomic E-state index is -3.06. The lowest BCUT2D eigenvalue weighted by molar-refractivity contribution is -0.385. The van der Waals surface area contributed by atoms with Crippen molar-refractivity contribution in [3.63, 3.8) is 0 Å². The number of rotatable bonds is 9. The van der Waals surface area contributed by atoms with Gasteiger partial charge in [-0.3, -0.25) is 24.0 Å². The Morgan fingerprint density at radius 1 is 1.19 bits per heavy atom. The second kappa shape index (κ2) is 8.32. The van der Waals surface area contributed by atoms with Gasteiger partial charge in [0, 0.05) is 37.8 Å². The van der Waals surface area contributed by atoms with Gasteiger partial charge >= 0.3 is 13.4 Å². The van der Waals surface area contributed by atoms with Crippen molar-refractivity contribution in [1.82, 2.24) is 9.34 Å². The summed E-state index contributed by atoms with van der Waals surface area (Å²) in [6.45, 7) is 7.86. The molecule has 10 nitrogen and oxygen atoms in total. The molecule has 0 aromatic heterocycles. The summed E-state index contributed by atoms with van der Waals surface area (Å²) in [5.74, 6) is -0.304. The predicted molar refractivity (Wildman–Crippen MR) is 114 cm³/mol. The number of hydrogen-bond donors (Lipinski definition) is 0. The first-order valence-electron chi connectivity index (χ1n) is 9.68. The van der Waals surface area contributed by atoms with Crippen LogP contribution in [-0.4, -0.2) is 53.1 Å². The first-order valence-corrected chi connectivity index (χ1v) is 11.2. The molecule has 2 heterocycles. The third-order valence-corrected chi connectivity index (χ3v) is 7.78. The molecule has 31 heavy (non-hydrogen) atoms. The third kappa shape index (κ3) is 4.57. The molecule has 0 saturated carbocycles. The molecule has 2 aromatic rings. The van der Waals surface area contributed by atoms with E-state index in [0.29, 0.717) is 5.56 Å². The lowest BCUT2D eigenvalue weighted by Gasteiger charge is -2.24. The van der Waals surface area contributed by atoms with E-state index in [9.17, 15) is 19.5 Å². The number of nitrogens with zero attached hydrogens (tertiary/aromatic N) is 4. The highest BCUT2D eigenvalue weighted by molar-refractivity contribution is 7.54. The fraction of sp³-hybridized carbons (Fsp3) is 0.300. The molecular weight excluding hydrogens is 423 g/mol. The maximum Gasteiger partial charge on any atom is 0.346 e. The van der Waals surface area contributed by atoms with E-state index < -0.39 is 24.6 Å². The van der Waals surface area contributed by atoms with Crippen LogP contribution in [-0.2, 0) is 9.09 Å². The number of carbonyl (C=O) groups is 1. The lowest BCUT2D eigenvalue weighted by atomic mass is 10.1. The molecule has 0 radical (unpaired) electrons. The van der Waals surface area contributed by atoms with Gasteiger partial charge in [0.2, 0.25) is 5.75 Å². The summed E-state index contributed by atoms with van der Waals surface area (Å²) in [7, 11) is -3.06. The number of benzene rings is 2. The van der Waals surface area contributed by atoms with Crippen LogP contribution in [0.25, 0.3) is 0 Å². The summed E-state index contributed by atoms with van der Waals surface area (Å²) in [6.07, 6.45) is -0.576. The second-order valence-electron chi connectivity index (χ2n) is 7.22. The van der Waals surface area contributed by atoms with Crippen LogP contribution >= 0.6 is 7.67 Å². The Morgan fingerprint density at radius 3 is 2.45 bits per heavy atom.